The third-order valence-electron chi connectivity index (χ3n) is 4.34. The number of nitrogens with one attached hydrogen (secondary N) is 1. The van der Waals surface area contributed by atoms with Gasteiger partial charge in [0, 0.05) is 41.9 Å². The molecule has 0 aliphatic carbocycles. The highest BCUT2D eigenvalue weighted by Crippen LogP contribution is 2.32. The summed E-state index contributed by atoms with van der Waals surface area (Å²) in [5.74, 6) is -1.15. The molecule has 1 amide bonds. The van der Waals surface area contributed by atoms with E-state index < -0.39 is 33.4 Å². The Kier molecular flexibility index (Phi) is 6.33. The second kappa shape index (κ2) is 8.67. The van der Waals surface area contributed by atoms with Crippen molar-refractivity contribution in [3.63, 3.8) is 0 Å². The van der Waals surface area contributed by atoms with Crippen LogP contribution in [0.1, 0.15) is 27.2 Å². The number of hydrogen-bond acceptors (Lipinski definition) is 6. The highest BCUT2D eigenvalue weighted by atomic mass is 32.2. The number of carbonyl (C=O) groups is 2. The van der Waals surface area contributed by atoms with Crippen LogP contribution >= 0.6 is 0 Å². The quantitative estimate of drug-likeness (QED) is 0.579. The van der Waals surface area contributed by atoms with Crippen molar-refractivity contribution in [1.29, 1.82) is 0 Å². The van der Waals surface area contributed by atoms with Gasteiger partial charge in [-0.15, -0.1) is 0 Å². The van der Waals surface area contributed by atoms with E-state index in [1.54, 1.807) is 20.8 Å². The van der Waals surface area contributed by atoms with E-state index >= 15 is 0 Å². The molecule has 0 atom stereocenters. The zero-order valence-electron chi connectivity index (χ0n) is 17.8. The Labute approximate surface area is 184 Å². The van der Waals surface area contributed by atoms with Crippen molar-refractivity contribution >= 4 is 32.9 Å². The van der Waals surface area contributed by atoms with Gasteiger partial charge in [0.2, 0.25) is 5.91 Å². The second-order valence-corrected chi connectivity index (χ2v) is 9.77. The van der Waals surface area contributed by atoms with Gasteiger partial charge in [0.15, 0.2) is 5.03 Å². The topological polar surface area (TPSA) is 133 Å². The van der Waals surface area contributed by atoms with Crippen LogP contribution in [0, 0.1) is 5.82 Å². The van der Waals surface area contributed by atoms with Crippen molar-refractivity contribution in [1.82, 2.24) is 14.3 Å². The Morgan fingerprint density at radius 3 is 2.53 bits per heavy atom. The van der Waals surface area contributed by atoms with Crippen molar-refractivity contribution in [2.45, 2.75) is 37.8 Å². The van der Waals surface area contributed by atoms with Gasteiger partial charge in [0.25, 0.3) is 10.0 Å². The summed E-state index contributed by atoms with van der Waals surface area (Å²) < 4.78 is 47.3. The van der Waals surface area contributed by atoms with Crippen LogP contribution in [-0.4, -0.2) is 42.1 Å². The van der Waals surface area contributed by atoms with Gasteiger partial charge in [-0.25, -0.2) is 27.3 Å². The molecule has 3 aromatic rings. The molecule has 0 saturated carbocycles. The van der Waals surface area contributed by atoms with E-state index in [9.17, 15) is 22.4 Å². The number of primary amides is 1. The smallest absolute Gasteiger partial charge is 0.419 e. The highest BCUT2D eigenvalue weighted by Gasteiger charge is 2.22. The maximum atomic E-state index is 13.9. The van der Waals surface area contributed by atoms with Gasteiger partial charge in [0.05, 0.1) is 5.52 Å². The molecule has 0 radical (unpaired) electrons. The maximum Gasteiger partial charge on any atom is 0.419 e. The fourth-order valence-corrected chi connectivity index (χ4v) is 3.93. The van der Waals surface area contributed by atoms with Gasteiger partial charge in [-0.1, -0.05) is 0 Å². The first-order chi connectivity index (χ1) is 14.9. The molecule has 0 fully saturated rings. The number of halogens is 1. The molecule has 11 heteroatoms. The molecule has 3 rings (SSSR count). The lowest BCUT2D eigenvalue weighted by molar-refractivity contribution is -0.117. The van der Waals surface area contributed by atoms with Gasteiger partial charge in [-0.2, -0.15) is 0 Å². The number of carbonyl (C=O) groups excluding carboxylic acids is 2. The van der Waals surface area contributed by atoms with E-state index in [1.165, 1.54) is 47.3 Å². The number of amides is 1. The number of nitrogens with zero attached hydrogens (tertiary/aromatic N) is 2. The molecule has 0 bridgehead atoms. The van der Waals surface area contributed by atoms with E-state index in [-0.39, 0.29) is 18.0 Å². The summed E-state index contributed by atoms with van der Waals surface area (Å²) in [5, 5.41) is 0.321. The Bertz CT molecular complexity index is 1280. The van der Waals surface area contributed by atoms with Crippen LogP contribution in [-0.2, 0) is 19.6 Å². The van der Waals surface area contributed by atoms with Crippen LogP contribution < -0.4 is 10.5 Å². The third kappa shape index (κ3) is 5.29. The number of benzene rings is 1. The van der Waals surface area contributed by atoms with Gasteiger partial charge in [-0.05, 0) is 51.1 Å². The highest BCUT2D eigenvalue weighted by molar-refractivity contribution is 7.89. The minimum absolute atomic E-state index is 0.141. The van der Waals surface area contributed by atoms with Crippen LogP contribution in [0.2, 0.25) is 0 Å². The number of pyridine rings is 1. The van der Waals surface area contributed by atoms with E-state index in [0.29, 0.717) is 22.0 Å². The normalized spacial score (nSPS) is 12.1. The lowest BCUT2D eigenvalue weighted by atomic mass is 10.1. The lowest BCUT2D eigenvalue weighted by Crippen LogP contribution is -2.28. The average Bonchev–Trinajstić information content (AvgIpc) is 3.05. The zero-order valence-corrected chi connectivity index (χ0v) is 18.6. The number of aromatic nitrogens is 2. The third-order valence-corrected chi connectivity index (χ3v) is 5.72. The monoisotopic (exact) mass is 462 g/mol. The summed E-state index contributed by atoms with van der Waals surface area (Å²) in [4.78, 5) is 27.4. The largest absolute Gasteiger partial charge is 0.443 e. The summed E-state index contributed by atoms with van der Waals surface area (Å²) in [5.41, 5.74) is 5.62. The number of rotatable bonds is 6. The van der Waals surface area contributed by atoms with Crippen LogP contribution in [0.15, 0.2) is 47.8 Å². The van der Waals surface area contributed by atoms with Crippen molar-refractivity contribution in [3.05, 3.63) is 48.5 Å². The molecule has 2 heterocycles. The zero-order chi connectivity index (χ0) is 23.7. The molecule has 0 saturated heterocycles. The molecule has 1 aromatic carbocycles. The molecule has 2 aromatic heterocycles. The molecule has 0 spiro atoms. The van der Waals surface area contributed by atoms with Gasteiger partial charge in [-0.3, -0.25) is 9.36 Å². The first-order valence-electron chi connectivity index (χ1n) is 9.66. The van der Waals surface area contributed by atoms with E-state index in [2.05, 4.69) is 9.71 Å². The van der Waals surface area contributed by atoms with E-state index in [0.717, 1.165) is 0 Å². The fourth-order valence-electron chi connectivity index (χ4n) is 2.97. The van der Waals surface area contributed by atoms with Crippen LogP contribution in [0.4, 0.5) is 9.18 Å². The number of sulfonamides is 1. The van der Waals surface area contributed by atoms with Crippen LogP contribution in [0.25, 0.3) is 22.0 Å². The van der Waals surface area contributed by atoms with Gasteiger partial charge in [0.1, 0.15) is 11.4 Å². The molecule has 0 aliphatic heterocycles. The number of nitrogens with two attached hydrogens (primary N) is 1. The predicted octanol–water partition coefficient (Wildman–Crippen LogP) is 2.78. The first-order valence-corrected chi connectivity index (χ1v) is 11.1. The van der Waals surface area contributed by atoms with Gasteiger partial charge < -0.3 is 10.5 Å². The van der Waals surface area contributed by atoms with E-state index in [4.69, 9.17) is 10.5 Å². The number of fused-ring (bicyclic) bond motifs is 1. The minimum atomic E-state index is -3.93. The molecule has 170 valence electrons. The van der Waals surface area contributed by atoms with Crippen molar-refractivity contribution in [2.75, 3.05) is 6.54 Å². The second-order valence-electron chi connectivity index (χ2n) is 8.05. The Hall–Kier alpha value is -3.31. The summed E-state index contributed by atoms with van der Waals surface area (Å²) in [6, 6.07) is 6.82. The minimum Gasteiger partial charge on any atom is -0.443 e. The molecular weight excluding hydrogens is 439 g/mol. The fraction of sp³-hybridized carbons (Fsp3) is 0.286. The Balaban J connectivity index is 1.98. The summed E-state index contributed by atoms with van der Waals surface area (Å²) in [6.07, 6.45) is 2.01. The van der Waals surface area contributed by atoms with Crippen molar-refractivity contribution < 1.29 is 27.1 Å². The average molecular weight is 463 g/mol. The molecular formula is C21H23FN4O5S. The molecule has 0 aliphatic rings. The Morgan fingerprint density at radius 2 is 1.94 bits per heavy atom. The SMILES string of the molecule is CC(C)(C)OC(=O)n1cc(-c2ccc(S(=O)(=O)NCCC(N)=O)nc2)c2ccc(F)cc21. The van der Waals surface area contributed by atoms with Crippen LogP contribution in [0.5, 0.6) is 0 Å². The van der Waals surface area contributed by atoms with Crippen LogP contribution in [0.3, 0.4) is 0 Å². The van der Waals surface area contributed by atoms with Crippen molar-refractivity contribution in [3.8, 4) is 11.1 Å². The molecule has 3 N–H and O–H groups in total. The summed E-state index contributed by atoms with van der Waals surface area (Å²) >= 11 is 0. The maximum absolute atomic E-state index is 13.9. The standard InChI is InChI=1S/C21H23FN4O5S/c1-21(2,3)31-20(28)26-12-16(15-6-5-14(22)10-17(15)26)13-4-7-19(24-11-13)32(29,30)25-9-8-18(23)27/h4-7,10-12,25H,8-9H2,1-3H3,(H2,23,27). The molecule has 9 nitrogen and oxygen atoms in total. The van der Waals surface area contributed by atoms with Crippen molar-refractivity contribution in [2.24, 2.45) is 5.73 Å². The summed E-state index contributed by atoms with van der Waals surface area (Å²) in [6.45, 7) is 5.02. The Morgan fingerprint density at radius 1 is 1.22 bits per heavy atom. The molecule has 32 heavy (non-hydrogen) atoms. The summed E-state index contributed by atoms with van der Waals surface area (Å²) in [7, 11) is -3.93. The lowest BCUT2D eigenvalue weighted by Gasteiger charge is -2.19. The first kappa shape index (κ1) is 23.4. The predicted molar refractivity (Wildman–Crippen MR) is 116 cm³/mol. The van der Waals surface area contributed by atoms with Gasteiger partial charge >= 0.3 is 6.09 Å². The van der Waals surface area contributed by atoms with E-state index in [1.807, 2.05) is 0 Å². The number of hydrogen-bond donors (Lipinski definition) is 2. The molecule has 0 unspecified atom stereocenters. The number of ether oxygens (including phenoxy) is 1.